The van der Waals surface area contributed by atoms with Crippen molar-refractivity contribution in [3.63, 3.8) is 0 Å². The summed E-state index contributed by atoms with van der Waals surface area (Å²) in [5.41, 5.74) is 0.800. The number of nitrogens with zero attached hydrogens (tertiary/aromatic N) is 3. The van der Waals surface area contributed by atoms with Crippen LogP contribution >= 0.6 is 11.8 Å². The van der Waals surface area contributed by atoms with E-state index in [4.69, 9.17) is 0 Å². The molecule has 2 aliphatic rings. The number of amides is 1. The van der Waals surface area contributed by atoms with Crippen molar-refractivity contribution in [2.24, 2.45) is 5.92 Å². The molecule has 1 fully saturated rings. The number of carbonyl (C=O) groups is 1. The van der Waals surface area contributed by atoms with Crippen LogP contribution in [0.5, 0.6) is 0 Å². The Bertz CT molecular complexity index is 1050. The summed E-state index contributed by atoms with van der Waals surface area (Å²) in [7, 11) is 0. The number of hydrogen-bond acceptors (Lipinski definition) is 6. The molecule has 1 amide bonds. The molecule has 2 N–H and O–H groups in total. The minimum atomic E-state index is -0.987. The second-order valence-electron chi connectivity index (χ2n) is 8.03. The third-order valence-corrected chi connectivity index (χ3v) is 6.91. The first-order chi connectivity index (χ1) is 14.4. The van der Waals surface area contributed by atoms with Gasteiger partial charge in [-0.2, -0.15) is 10.2 Å². The van der Waals surface area contributed by atoms with Crippen molar-refractivity contribution in [3.8, 4) is 6.07 Å². The van der Waals surface area contributed by atoms with E-state index in [9.17, 15) is 14.9 Å². The number of nitriles is 1. The number of nitrogens with one attached hydrogen (secondary N) is 2. The molecule has 0 bridgehead atoms. The fourth-order valence-corrected chi connectivity index (χ4v) is 5.04. The standard InChI is InChI=1S/C22H25N5O2S/c1-12-5-4-6-13(2)27(12)22-25-19-18(21(29)26-22)17(16(11-23)20(28)24-19)14-7-9-15(30-3)10-8-14/h7-10,12-13,16-17H,4-6H2,1-3H3,(H2,24,25,26,28,29). The van der Waals surface area contributed by atoms with E-state index >= 15 is 0 Å². The van der Waals surface area contributed by atoms with E-state index < -0.39 is 17.7 Å². The predicted molar refractivity (Wildman–Crippen MR) is 118 cm³/mol. The molecule has 1 aromatic heterocycles. The molecule has 4 atom stereocenters. The largest absolute Gasteiger partial charge is 0.337 e. The van der Waals surface area contributed by atoms with Crippen LogP contribution < -0.4 is 15.8 Å². The van der Waals surface area contributed by atoms with E-state index in [1.807, 2.05) is 30.5 Å². The quantitative estimate of drug-likeness (QED) is 0.733. The van der Waals surface area contributed by atoms with Crippen molar-refractivity contribution in [2.75, 3.05) is 16.5 Å². The van der Waals surface area contributed by atoms with Crippen LogP contribution in [0.15, 0.2) is 34.0 Å². The van der Waals surface area contributed by atoms with Crippen LogP contribution in [0.4, 0.5) is 11.8 Å². The van der Waals surface area contributed by atoms with Crippen LogP contribution in [0.25, 0.3) is 0 Å². The molecule has 4 unspecified atom stereocenters. The molecule has 0 aliphatic carbocycles. The van der Waals surface area contributed by atoms with E-state index in [0.717, 1.165) is 29.7 Å². The van der Waals surface area contributed by atoms with Crippen molar-refractivity contribution in [3.05, 3.63) is 45.7 Å². The average molecular weight is 424 g/mol. The molecule has 156 valence electrons. The van der Waals surface area contributed by atoms with Crippen LogP contribution in [0, 0.1) is 17.2 Å². The molecule has 0 radical (unpaired) electrons. The Morgan fingerprint density at radius 2 is 1.83 bits per heavy atom. The summed E-state index contributed by atoms with van der Waals surface area (Å²) in [4.78, 5) is 36.7. The molecule has 2 aromatic rings. The Labute approximate surface area is 179 Å². The van der Waals surface area contributed by atoms with Crippen molar-refractivity contribution < 1.29 is 4.79 Å². The Morgan fingerprint density at radius 1 is 1.17 bits per heavy atom. The first-order valence-electron chi connectivity index (χ1n) is 10.2. The van der Waals surface area contributed by atoms with Gasteiger partial charge in [-0.3, -0.25) is 14.6 Å². The van der Waals surface area contributed by atoms with Gasteiger partial charge in [0.1, 0.15) is 11.7 Å². The zero-order valence-electron chi connectivity index (χ0n) is 17.3. The van der Waals surface area contributed by atoms with E-state index in [0.29, 0.717) is 11.5 Å². The monoisotopic (exact) mass is 423 g/mol. The third-order valence-electron chi connectivity index (χ3n) is 6.16. The lowest BCUT2D eigenvalue weighted by molar-refractivity contribution is -0.119. The van der Waals surface area contributed by atoms with Crippen LogP contribution in [0.2, 0.25) is 0 Å². The van der Waals surface area contributed by atoms with Crippen molar-refractivity contribution in [2.45, 2.75) is 56.0 Å². The summed E-state index contributed by atoms with van der Waals surface area (Å²) in [6.45, 7) is 4.24. The lowest BCUT2D eigenvalue weighted by Gasteiger charge is -2.40. The summed E-state index contributed by atoms with van der Waals surface area (Å²) in [6.07, 6.45) is 5.18. The molecule has 1 aromatic carbocycles. The molecular weight excluding hydrogens is 398 g/mol. The van der Waals surface area contributed by atoms with E-state index in [-0.39, 0.29) is 23.5 Å². The summed E-state index contributed by atoms with van der Waals surface area (Å²) in [5.74, 6) is -1.33. The topological polar surface area (TPSA) is 102 Å². The van der Waals surface area contributed by atoms with Gasteiger partial charge in [-0.15, -0.1) is 11.8 Å². The SMILES string of the molecule is CSc1ccc(C2c3c(nc(N4C(C)CCCC4C)[nH]c3=O)NC(=O)C2C#N)cc1. The maximum absolute atomic E-state index is 13.2. The first kappa shape index (κ1) is 20.5. The highest BCUT2D eigenvalue weighted by molar-refractivity contribution is 7.98. The molecule has 0 spiro atoms. The Kier molecular flexibility index (Phi) is 5.56. The van der Waals surface area contributed by atoms with Gasteiger partial charge in [0.05, 0.1) is 11.6 Å². The predicted octanol–water partition coefficient (Wildman–Crippen LogP) is 3.48. The first-order valence-corrected chi connectivity index (χ1v) is 11.4. The number of carbonyl (C=O) groups excluding carboxylic acids is 1. The maximum atomic E-state index is 13.2. The molecule has 2 aliphatic heterocycles. The average Bonchev–Trinajstić information content (AvgIpc) is 2.72. The number of piperidine rings is 1. The maximum Gasteiger partial charge on any atom is 0.258 e. The Balaban J connectivity index is 1.84. The highest BCUT2D eigenvalue weighted by Crippen LogP contribution is 2.39. The van der Waals surface area contributed by atoms with Crippen molar-refractivity contribution >= 4 is 29.4 Å². The smallest absolute Gasteiger partial charge is 0.258 e. The number of hydrogen-bond donors (Lipinski definition) is 2. The number of aromatic nitrogens is 2. The number of anilines is 2. The van der Waals surface area contributed by atoms with Gasteiger partial charge < -0.3 is 10.2 Å². The van der Waals surface area contributed by atoms with Gasteiger partial charge in [0, 0.05) is 22.9 Å². The summed E-state index contributed by atoms with van der Waals surface area (Å²) < 4.78 is 0. The minimum absolute atomic E-state index is 0.246. The zero-order chi connectivity index (χ0) is 21.4. The molecule has 3 heterocycles. The number of rotatable bonds is 3. The lowest BCUT2D eigenvalue weighted by atomic mass is 9.79. The van der Waals surface area contributed by atoms with Gasteiger partial charge in [0.25, 0.3) is 5.56 Å². The minimum Gasteiger partial charge on any atom is -0.337 e. The number of aromatic amines is 1. The van der Waals surface area contributed by atoms with Crippen LogP contribution in [0.1, 0.15) is 50.2 Å². The van der Waals surface area contributed by atoms with Crippen LogP contribution in [-0.2, 0) is 4.79 Å². The van der Waals surface area contributed by atoms with Crippen molar-refractivity contribution in [1.29, 1.82) is 5.26 Å². The zero-order valence-corrected chi connectivity index (χ0v) is 18.1. The summed E-state index contributed by atoms with van der Waals surface area (Å²) in [6, 6.07) is 10.2. The normalized spacial score (nSPS) is 25.9. The van der Waals surface area contributed by atoms with E-state index in [1.165, 1.54) is 0 Å². The lowest BCUT2D eigenvalue weighted by Crippen LogP contribution is -2.46. The van der Waals surface area contributed by atoms with Crippen LogP contribution in [0.3, 0.4) is 0 Å². The van der Waals surface area contributed by atoms with Gasteiger partial charge in [-0.25, -0.2) is 0 Å². The van der Waals surface area contributed by atoms with Crippen LogP contribution in [-0.4, -0.2) is 34.2 Å². The number of H-pyrrole nitrogens is 1. The summed E-state index contributed by atoms with van der Waals surface area (Å²) in [5, 5.41) is 12.4. The van der Waals surface area contributed by atoms with Gasteiger partial charge in [0.15, 0.2) is 0 Å². The molecule has 4 rings (SSSR count). The highest BCUT2D eigenvalue weighted by Gasteiger charge is 2.41. The molecule has 30 heavy (non-hydrogen) atoms. The Morgan fingerprint density at radius 3 is 2.43 bits per heavy atom. The van der Waals surface area contributed by atoms with Gasteiger partial charge in [-0.05, 0) is 57.1 Å². The highest BCUT2D eigenvalue weighted by atomic mass is 32.2. The second-order valence-corrected chi connectivity index (χ2v) is 8.91. The Hall–Kier alpha value is -2.79. The molecule has 7 nitrogen and oxygen atoms in total. The molecule has 1 saturated heterocycles. The number of benzene rings is 1. The second kappa shape index (κ2) is 8.15. The van der Waals surface area contributed by atoms with Gasteiger partial charge in [0.2, 0.25) is 11.9 Å². The van der Waals surface area contributed by atoms with E-state index in [1.54, 1.807) is 11.8 Å². The fraction of sp³-hybridized carbons (Fsp3) is 0.455. The molecular formula is C22H25N5O2S. The fourth-order valence-electron chi connectivity index (χ4n) is 4.63. The van der Waals surface area contributed by atoms with Crippen molar-refractivity contribution in [1.82, 2.24) is 9.97 Å². The van der Waals surface area contributed by atoms with Gasteiger partial charge >= 0.3 is 0 Å². The number of fused-ring (bicyclic) bond motifs is 1. The number of thioether (sulfide) groups is 1. The van der Waals surface area contributed by atoms with E-state index in [2.05, 4.69) is 40.1 Å². The third kappa shape index (κ3) is 3.47. The van der Waals surface area contributed by atoms with Gasteiger partial charge in [-0.1, -0.05) is 12.1 Å². The molecule has 0 saturated carbocycles. The summed E-state index contributed by atoms with van der Waals surface area (Å²) >= 11 is 1.61. The molecule has 8 heteroatoms.